The maximum Gasteiger partial charge on any atom is 0.279 e. The first-order chi connectivity index (χ1) is 15.5. The van der Waals surface area contributed by atoms with Gasteiger partial charge in [-0.1, -0.05) is 30.3 Å². The van der Waals surface area contributed by atoms with Crippen LogP contribution in [0.2, 0.25) is 0 Å². The molecular formula is C24H27N3O5. The van der Waals surface area contributed by atoms with Gasteiger partial charge in [-0.05, 0) is 44.5 Å². The lowest BCUT2D eigenvalue weighted by atomic mass is 10.2. The molecule has 0 bridgehead atoms. The summed E-state index contributed by atoms with van der Waals surface area (Å²) in [6.07, 6.45) is 2.17. The highest BCUT2D eigenvalue weighted by Gasteiger charge is 2.15. The van der Waals surface area contributed by atoms with Crippen molar-refractivity contribution in [3.8, 4) is 22.8 Å². The van der Waals surface area contributed by atoms with Crippen LogP contribution in [0, 0.1) is 0 Å². The Hall–Kier alpha value is -3.81. The fourth-order valence-corrected chi connectivity index (χ4v) is 2.90. The van der Waals surface area contributed by atoms with Crippen LogP contribution in [0.4, 0.5) is 0 Å². The summed E-state index contributed by atoms with van der Waals surface area (Å²) >= 11 is 0. The van der Waals surface area contributed by atoms with Gasteiger partial charge in [-0.2, -0.15) is 0 Å². The largest absolute Gasteiger partial charge is 0.494 e. The molecule has 0 saturated heterocycles. The molecule has 2 N–H and O–H groups in total. The third-order valence-corrected chi connectivity index (χ3v) is 4.55. The van der Waals surface area contributed by atoms with Crippen molar-refractivity contribution in [3.63, 3.8) is 0 Å². The van der Waals surface area contributed by atoms with Crippen molar-refractivity contribution < 1.29 is 23.5 Å². The fraction of sp³-hybridized carbons (Fsp3) is 0.292. The lowest BCUT2D eigenvalue weighted by molar-refractivity contribution is -0.132. The van der Waals surface area contributed by atoms with Crippen molar-refractivity contribution >= 4 is 11.8 Å². The summed E-state index contributed by atoms with van der Waals surface area (Å²) in [5.41, 5.74) is 5.74. The van der Waals surface area contributed by atoms with Crippen molar-refractivity contribution in [3.05, 3.63) is 66.7 Å². The van der Waals surface area contributed by atoms with Gasteiger partial charge in [-0.25, -0.2) is 4.98 Å². The van der Waals surface area contributed by atoms with Crippen LogP contribution >= 0.6 is 0 Å². The third kappa shape index (κ3) is 6.87. The number of carbonyl (C=O) groups is 2. The second kappa shape index (κ2) is 11.5. The second-order valence-electron chi connectivity index (χ2n) is 7.04. The molecule has 0 aliphatic carbocycles. The standard InChI is InChI=1S/C24H27N3O5/c1-3-30-19-12-14-20(15-13-19)31-17(2)24(29)27-26-22(28)10-7-11-23-25-16-21(32-23)18-8-5-4-6-9-18/h4-6,8-9,12-17H,3,7,10-11H2,1-2H3,(H,26,28)(H,27,29). The number of benzene rings is 2. The number of oxazole rings is 1. The van der Waals surface area contributed by atoms with Crippen LogP contribution in [0.3, 0.4) is 0 Å². The van der Waals surface area contributed by atoms with Gasteiger partial charge in [0.05, 0.1) is 12.8 Å². The van der Waals surface area contributed by atoms with Crippen LogP contribution < -0.4 is 20.3 Å². The maximum absolute atomic E-state index is 12.2. The van der Waals surface area contributed by atoms with E-state index in [2.05, 4.69) is 15.8 Å². The number of hydrogen-bond acceptors (Lipinski definition) is 6. The minimum absolute atomic E-state index is 0.220. The Balaban J connectivity index is 1.35. The SMILES string of the molecule is CCOc1ccc(OC(C)C(=O)NNC(=O)CCCc2ncc(-c3ccccc3)o2)cc1. The fourth-order valence-electron chi connectivity index (χ4n) is 2.90. The number of amides is 2. The molecule has 3 rings (SSSR count). The summed E-state index contributed by atoms with van der Waals surface area (Å²) in [7, 11) is 0. The summed E-state index contributed by atoms with van der Waals surface area (Å²) in [6.45, 7) is 4.08. The molecule has 0 fully saturated rings. The van der Waals surface area contributed by atoms with Gasteiger partial charge in [0.2, 0.25) is 5.91 Å². The molecule has 2 aromatic carbocycles. The maximum atomic E-state index is 12.2. The zero-order valence-corrected chi connectivity index (χ0v) is 18.2. The normalized spacial score (nSPS) is 11.4. The van der Waals surface area contributed by atoms with E-state index < -0.39 is 12.0 Å². The van der Waals surface area contributed by atoms with E-state index in [1.807, 2.05) is 37.3 Å². The number of aryl methyl sites for hydroxylation is 1. The van der Waals surface area contributed by atoms with Gasteiger partial charge in [-0.3, -0.25) is 20.4 Å². The zero-order chi connectivity index (χ0) is 22.8. The number of hydrogen-bond donors (Lipinski definition) is 2. The van der Waals surface area contributed by atoms with Crippen LogP contribution in [0.15, 0.2) is 65.2 Å². The summed E-state index contributed by atoms with van der Waals surface area (Å²) in [5.74, 6) is 1.76. The van der Waals surface area contributed by atoms with Gasteiger partial charge in [-0.15, -0.1) is 0 Å². The van der Waals surface area contributed by atoms with Crippen LogP contribution in [0.5, 0.6) is 11.5 Å². The summed E-state index contributed by atoms with van der Waals surface area (Å²) < 4.78 is 16.7. The van der Waals surface area contributed by atoms with E-state index in [9.17, 15) is 9.59 Å². The lowest BCUT2D eigenvalue weighted by Crippen LogP contribution is -2.47. The van der Waals surface area contributed by atoms with Gasteiger partial charge >= 0.3 is 0 Å². The van der Waals surface area contributed by atoms with E-state index in [0.717, 1.165) is 11.3 Å². The van der Waals surface area contributed by atoms with Crippen LogP contribution in [-0.4, -0.2) is 29.5 Å². The average Bonchev–Trinajstić information content (AvgIpc) is 3.28. The number of ether oxygens (including phenoxy) is 2. The number of hydrazine groups is 1. The number of nitrogens with one attached hydrogen (secondary N) is 2. The van der Waals surface area contributed by atoms with Gasteiger partial charge in [0.25, 0.3) is 5.91 Å². The minimum Gasteiger partial charge on any atom is -0.494 e. The monoisotopic (exact) mass is 437 g/mol. The summed E-state index contributed by atoms with van der Waals surface area (Å²) in [6, 6.07) is 16.7. The Morgan fingerprint density at radius 1 is 1.03 bits per heavy atom. The molecule has 168 valence electrons. The van der Waals surface area contributed by atoms with E-state index in [1.54, 1.807) is 37.4 Å². The predicted molar refractivity (Wildman–Crippen MR) is 119 cm³/mol. The molecule has 1 atom stereocenters. The predicted octanol–water partition coefficient (Wildman–Crippen LogP) is 3.68. The molecule has 1 aromatic heterocycles. The average molecular weight is 437 g/mol. The topological polar surface area (TPSA) is 103 Å². The summed E-state index contributed by atoms with van der Waals surface area (Å²) in [5, 5.41) is 0. The van der Waals surface area contributed by atoms with Crippen molar-refractivity contribution in [2.45, 2.75) is 39.2 Å². The van der Waals surface area contributed by atoms with Crippen LogP contribution in [0.25, 0.3) is 11.3 Å². The molecule has 0 radical (unpaired) electrons. The first-order valence-electron chi connectivity index (χ1n) is 10.5. The molecule has 0 aliphatic rings. The van der Waals surface area contributed by atoms with E-state index in [0.29, 0.717) is 36.8 Å². The number of nitrogens with zero attached hydrogens (tertiary/aromatic N) is 1. The Kier molecular flexibility index (Phi) is 8.25. The van der Waals surface area contributed by atoms with Crippen LogP contribution in [0.1, 0.15) is 32.6 Å². The van der Waals surface area contributed by atoms with Gasteiger partial charge < -0.3 is 13.9 Å². The zero-order valence-electron chi connectivity index (χ0n) is 18.2. The molecule has 0 saturated carbocycles. The highest BCUT2D eigenvalue weighted by molar-refractivity contribution is 5.84. The minimum atomic E-state index is -0.781. The first-order valence-corrected chi connectivity index (χ1v) is 10.5. The van der Waals surface area contributed by atoms with E-state index in [4.69, 9.17) is 13.9 Å². The van der Waals surface area contributed by atoms with E-state index in [-0.39, 0.29) is 12.3 Å². The quantitative estimate of drug-likeness (QED) is 0.469. The smallest absolute Gasteiger partial charge is 0.279 e. The van der Waals surface area contributed by atoms with Gasteiger partial charge in [0, 0.05) is 18.4 Å². The summed E-state index contributed by atoms with van der Waals surface area (Å²) in [4.78, 5) is 28.4. The Morgan fingerprint density at radius 3 is 2.47 bits per heavy atom. The number of rotatable bonds is 10. The molecule has 0 aliphatic heterocycles. The van der Waals surface area contributed by atoms with E-state index in [1.165, 1.54) is 0 Å². The Bertz CT molecular complexity index is 1000. The van der Waals surface area contributed by atoms with Crippen LogP contribution in [-0.2, 0) is 16.0 Å². The lowest BCUT2D eigenvalue weighted by Gasteiger charge is -2.15. The highest BCUT2D eigenvalue weighted by atomic mass is 16.5. The Labute approximate surface area is 186 Å². The van der Waals surface area contributed by atoms with Crippen molar-refractivity contribution in [1.82, 2.24) is 15.8 Å². The molecule has 32 heavy (non-hydrogen) atoms. The molecule has 8 nitrogen and oxygen atoms in total. The third-order valence-electron chi connectivity index (χ3n) is 4.55. The molecule has 1 heterocycles. The van der Waals surface area contributed by atoms with E-state index >= 15 is 0 Å². The van der Waals surface area contributed by atoms with Gasteiger partial charge in [0.1, 0.15) is 11.5 Å². The Morgan fingerprint density at radius 2 is 1.75 bits per heavy atom. The molecule has 3 aromatic rings. The molecule has 1 unspecified atom stereocenters. The van der Waals surface area contributed by atoms with Crippen molar-refractivity contribution in [2.24, 2.45) is 0 Å². The van der Waals surface area contributed by atoms with Crippen molar-refractivity contribution in [2.75, 3.05) is 6.61 Å². The number of aromatic nitrogens is 1. The molecule has 8 heteroatoms. The number of carbonyl (C=O) groups excluding carboxylic acids is 2. The second-order valence-corrected chi connectivity index (χ2v) is 7.04. The van der Waals surface area contributed by atoms with Gasteiger partial charge in [0.15, 0.2) is 17.8 Å². The highest BCUT2D eigenvalue weighted by Crippen LogP contribution is 2.20. The van der Waals surface area contributed by atoms with Crippen molar-refractivity contribution in [1.29, 1.82) is 0 Å². The molecule has 0 spiro atoms. The first kappa shape index (κ1) is 22.9. The molecule has 2 amide bonds. The molecular weight excluding hydrogens is 410 g/mol.